The highest BCUT2D eigenvalue weighted by atomic mass is 32.1. The van der Waals surface area contributed by atoms with Crippen molar-refractivity contribution in [3.8, 4) is 0 Å². The summed E-state index contributed by atoms with van der Waals surface area (Å²) in [5.41, 5.74) is 0.487. The molecule has 112 valence electrons. The normalized spacial score (nSPS) is 11.0. The minimum atomic E-state index is -0.592. The molecule has 2 rings (SSSR count). The number of carbonyl (C=O) groups excluding carboxylic acids is 1. The van der Waals surface area contributed by atoms with E-state index in [-0.39, 0.29) is 11.3 Å². The van der Waals surface area contributed by atoms with Gasteiger partial charge >= 0.3 is 0 Å². The summed E-state index contributed by atoms with van der Waals surface area (Å²) in [6.07, 6.45) is -0.592. The molecule has 1 aromatic heterocycles. The van der Waals surface area contributed by atoms with Gasteiger partial charge in [-0.15, -0.1) is 11.3 Å². The summed E-state index contributed by atoms with van der Waals surface area (Å²) in [5.74, 6) is -0.877. The smallest absolute Gasteiger partial charge is 0.197 e. The molecule has 0 amide bonds. The molecule has 0 bridgehead atoms. The quantitative estimate of drug-likeness (QED) is 0.568. The first-order chi connectivity index (χ1) is 10.2. The van der Waals surface area contributed by atoms with Crippen molar-refractivity contribution in [2.24, 2.45) is 0 Å². The first-order valence-corrected chi connectivity index (χ1v) is 7.66. The van der Waals surface area contributed by atoms with Crippen molar-refractivity contribution in [1.29, 1.82) is 0 Å². The maximum Gasteiger partial charge on any atom is 0.197 e. The highest BCUT2D eigenvalue weighted by Gasteiger charge is 2.23. The summed E-state index contributed by atoms with van der Waals surface area (Å²) in [7, 11) is 0. The zero-order valence-corrected chi connectivity index (χ0v) is 12.8. The third-order valence-electron chi connectivity index (χ3n) is 2.91. The fraction of sp³-hybridized carbons (Fsp3) is 0.312. The van der Waals surface area contributed by atoms with Crippen LogP contribution in [0.3, 0.4) is 0 Å². The van der Waals surface area contributed by atoms with E-state index in [1.165, 1.54) is 23.5 Å². The monoisotopic (exact) mass is 308 g/mol. The zero-order chi connectivity index (χ0) is 15.2. The lowest BCUT2D eigenvalue weighted by atomic mass is 10.0. The second-order valence-electron chi connectivity index (χ2n) is 4.25. The molecule has 0 unspecified atom stereocenters. The summed E-state index contributed by atoms with van der Waals surface area (Å²) in [4.78, 5) is 13.2. The van der Waals surface area contributed by atoms with Gasteiger partial charge in [0.05, 0.1) is 10.4 Å². The van der Waals surface area contributed by atoms with Gasteiger partial charge in [0.25, 0.3) is 0 Å². The summed E-state index contributed by atoms with van der Waals surface area (Å²) in [6.45, 7) is 4.65. The van der Waals surface area contributed by atoms with Crippen LogP contribution in [0.2, 0.25) is 0 Å². The molecule has 21 heavy (non-hydrogen) atoms. The highest BCUT2D eigenvalue weighted by molar-refractivity contribution is 7.10. The van der Waals surface area contributed by atoms with Crippen molar-refractivity contribution in [1.82, 2.24) is 0 Å². The van der Waals surface area contributed by atoms with E-state index in [0.29, 0.717) is 23.7 Å². The van der Waals surface area contributed by atoms with E-state index in [4.69, 9.17) is 9.47 Å². The molecule has 3 nitrogen and oxygen atoms in total. The van der Waals surface area contributed by atoms with Crippen molar-refractivity contribution < 1.29 is 18.7 Å². The Morgan fingerprint density at radius 2 is 1.81 bits per heavy atom. The Kier molecular flexibility index (Phi) is 5.61. The van der Waals surface area contributed by atoms with Gasteiger partial charge < -0.3 is 9.47 Å². The first kappa shape index (κ1) is 15.8. The summed E-state index contributed by atoms with van der Waals surface area (Å²) >= 11 is 1.37. The van der Waals surface area contributed by atoms with Crippen molar-refractivity contribution in [2.45, 2.75) is 20.1 Å². The number of halogens is 1. The van der Waals surface area contributed by atoms with E-state index in [0.717, 1.165) is 0 Å². The first-order valence-electron chi connectivity index (χ1n) is 6.78. The molecule has 0 aliphatic rings. The fourth-order valence-corrected chi connectivity index (χ4v) is 2.87. The van der Waals surface area contributed by atoms with Gasteiger partial charge in [-0.25, -0.2) is 4.39 Å². The standard InChI is InChI=1S/C16H17FO3S/c1-3-19-16(20-4-2)15-12(9-10-21-15)14(18)11-7-5-6-8-13(11)17/h5-10,16H,3-4H2,1-2H3. The van der Waals surface area contributed by atoms with Gasteiger partial charge in [0.2, 0.25) is 0 Å². The van der Waals surface area contributed by atoms with Crippen LogP contribution in [-0.2, 0) is 9.47 Å². The summed E-state index contributed by atoms with van der Waals surface area (Å²) in [6, 6.07) is 7.64. The van der Waals surface area contributed by atoms with Crippen molar-refractivity contribution in [3.05, 3.63) is 57.5 Å². The molecule has 0 aliphatic heterocycles. The second kappa shape index (κ2) is 7.45. The molecule has 5 heteroatoms. The molecule has 0 atom stereocenters. The van der Waals surface area contributed by atoms with Gasteiger partial charge in [-0.1, -0.05) is 12.1 Å². The van der Waals surface area contributed by atoms with Crippen LogP contribution < -0.4 is 0 Å². The van der Waals surface area contributed by atoms with E-state index in [9.17, 15) is 9.18 Å². The minimum Gasteiger partial charge on any atom is -0.348 e. The minimum absolute atomic E-state index is 0.0592. The maximum absolute atomic E-state index is 13.8. The molecule has 0 radical (unpaired) electrons. The van der Waals surface area contributed by atoms with Gasteiger partial charge in [-0.05, 0) is 37.4 Å². The van der Waals surface area contributed by atoms with E-state index < -0.39 is 12.1 Å². The van der Waals surface area contributed by atoms with Crippen LogP contribution in [0.5, 0.6) is 0 Å². The predicted octanol–water partition coefficient (Wildman–Crippen LogP) is 4.19. The van der Waals surface area contributed by atoms with Crippen LogP contribution in [0.4, 0.5) is 4.39 Å². The zero-order valence-electron chi connectivity index (χ0n) is 12.0. The largest absolute Gasteiger partial charge is 0.348 e. The molecular weight excluding hydrogens is 291 g/mol. The Balaban J connectivity index is 2.35. The number of ketones is 1. The molecular formula is C16H17FO3S. The van der Waals surface area contributed by atoms with Crippen molar-refractivity contribution >= 4 is 17.1 Å². The maximum atomic E-state index is 13.8. The summed E-state index contributed by atoms with van der Waals surface area (Å²) < 4.78 is 24.8. The van der Waals surface area contributed by atoms with Crippen LogP contribution >= 0.6 is 11.3 Å². The van der Waals surface area contributed by atoms with Crippen LogP contribution in [0.1, 0.15) is 40.9 Å². The lowest BCUT2D eigenvalue weighted by Gasteiger charge is -2.17. The molecule has 0 spiro atoms. The topological polar surface area (TPSA) is 35.5 Å². The van der Waals surface area contributed by atoms with Gasteiger partial charge in [-0.3, -0.25) is 4.79 Å². The Morgan fingerprint density at radius 1 is 1.14 bits per heavy atom. The average Bonchev–Trinajstić information content (AvgIpc) is 2.96. The molecule has 0 saturated heterocycles. The van der Waals surface area contributed by atoms with Gasteiger partial charge in [0.15, 0.2) is 12.1 Å². The van der Waals surface area contributed by atoms with Gasteiger partial charge in [-0.2, -0.15) is 0 Å². The van der Waals surface area contributed by atoms with E-state index in [1.807, 2.05) is 13.8 Å². The lowest BCUT2D eigenvalue weighted by Crippen LogP contribution is -2.12. The number of rotatable bonds is 7. The summed E-state index contributed by atoms with van der Waals surface area (Å²) in [5, 5.41) is 1.79. The number of ether oxygens (including phenoxy) is 2. The number of benzene rings is 1. The molecule has 1 heterocycles. The van der Waals surface area contributed by atoms with Crippen LogP contribution in [0.15, 0.2) is 35.7 Å². The number of carbonyl (C=O) groups is 1. The second-order valence-corrected chi connectivity index (χ2v) is 5.20. The van der Waals surface area contributed by atoms with E-state index >= 15 is 0 Å². The molecule has 0 N–H and O–H groups in total. The Bertz CT molecular complexity index is 603. The molecule has 2 aromatic rings. The average molecular weight is 308 g/mol. The van der Waals surface area contributed by atoms with Crippen molar-refractivity contribution in [2.75, 3.05) is 13.2 Å². The molecule has 0 fully saturated rings. The third kappa shape index (κ3) is 3.56. The Hall–Kier alpha value is -1.56. The SMILES string of the molecule is CCOC(OCC)c1sccc1C(=O)c1ccccc1F. The van der Waals surface area contributed by atoms with E-state index in [2.05, 4.69) is 0 Å². The van der Waals surface area contributed by atoms with Crippen LogP contribution in [0, 0.1) is 5.82 Å². The number of hydrogen-bond donors (Lipinski definition) is 0. The van der Waals surface area contributed by atoms with E-state index in [1.54, 1.807) is 23.6 Å². The van der Waals surface area contributed by atoms with Crippen LogP contribution in [0.25, 0.3) is 0 Å². The predicted molar refractivity (Wildman–Crippen MR) is 80.1 cm³/mol. The Morgan fingerprint density at radius 3 is 2.43 bits per heavy atom. The fourth-order valence-electron chi connectivity index (χ4n) is 1.98. The Labute approximate surface area is 127 Å². The van der Waals surface area contributed by atoms with Crippen LogP contribution in [-0.4, -0.2) is 19.0 Å². The van der Waals surface area contributed by atoms with Gasteiger partial charge in [0, 0.05) is 18.8 Å². The van der Waals surface area contributed by atoms with Crippen molar-refractivity contribution in [3.63, 3.8) is 0 Å². The van der Waals surface area contributed by atoms with Gasteiger partial charge in [0.1, 0.15) is 5.82 Å². The number of hydrogen-bond acceptors (Lipinski definition) is 4. The number of thiophene rings is 1. The molecule has 1 aromatic carbocycles. The highest BCUT2D eigenvalue weighted by Crippen LogP contribution is 2.30. The molecule has 0 saturated carbocycles. The molecule has 0 aliphatic carbocycles. The lowest BCUT2D eigenvalue weighted by molar-refractivity contribution is -0.138. The third-order valence-corrected chi connectivity index (χ3v) is 3.85.